The van der Waals surface area contributed by atoms with Crippen LogP contribution >= 0.6 is 0 Å². The van der Waals surface area contributed by atoms with Gasteiger partial charge in [-0.1, -0.05) is 5.10 Å². The van der Waals surface area contributed by atoms with Crippen LogP contribution in [0.5, 0.6) is 0 Å². The van der Waals surface area contributed by atoms with Crippen LogP contribution < -0.4 is 4.90 Å². The van der Waals surface area contributed by atoms with Gasteiger partial charge in [-0.15, -0.1) is 0 Å². The maximum atomic E-state index is 11.5. The smallest absolute Gasteiger partial charge is 0.251 e. The number of aryl methyl sites for hydroxylation is 1. The summed E-state index contributed by atoms with van der Waals surface area (Å²) in [5.41, 5.74) is 0. The predicted molar refractivity (Wildman–Crippen MR) is 46.3 cm³/mol. The Morgan fingerprint density at radius 3 is 2.93 bits per heavy atom. The summed E-state index contributed by atoms with van der Waals surface area (Å²) in [4.78, 5) is 13.0. The minimum Gasteiger partial charge on any atom is -0.396 e. The van der Waals surface area contributed by atoms with Crippen molar-refractivity contribution in [3.05, 3.63) is 0 Å². The van der Waals surface area contributed by atoms with Gasteiger partial charge in [-0.3, -0.25) is 9.69 Å². The SMILES string of the molecule is Cn1nnnc1N1CC(CO)CC1=O. The fourth-order valence-corrected chi connectivity index (χ4v) is 1.55. The lowest BCUT2D eigenvalue weighted by Gasteiger charge is -2.12. The molecule has 1 aliphatic rings. The number of aliphatic hydroxyl groups is 1. The number of carbonyl (C=O) groups excluding carboxylic acids is 1. The van der Waals surface area contributed by atoms with Crippen molar-refractivity contribution in [3.63, 3.8) is 0 Å². The number of tetrazole rings is 1. The molecule has 7 heteroatoms. The van der Waals surface area contributed by atoms with Crippen molar-refractivity contribution in [1.82, 2.24) is 20.2 Å². The molecule has 76 valence electrons. The van der Waals surface area contributed by atoms with Gasteiger partial charge in [0.15, 0.2) is 0 Å². The Bertz CT molecular complexity index is 350. The second kappa shape index (κ2) is 3.33. The van der Waals surface area contributed by atoms with E-state index in [-0.39, 0.29) is 18.4 Å². The molecule has 1 amide bonds. The van der Waals surface area contributed by atoms with Crippen LogP contribution in [0.1, 0.15) is 6.42 Å². The van der Waals surface area contributed by atoms with Crippen molar-refractivity contribution in [1.29, 1.82) is 0 Å². The topological polar surface area (TPSA) is 84.1 Å². The van der Waals surface area contributed by atoms with Crippen LogP contribution in [0.15, 0.2) is 0 Å². The van der Waals surface area contributed by atoms with E-state index in [4.69, 9.17) is 5.11 Å². The van der Waals surface area contributed by atoms with E-state index in [9.17, 15) is 4.79 Å². The van der Waals surface area contributed by atoms with Gasteiger partial charge in [0, 0.05) is 32.5 Å². The summed E-state index contributed by atoms with van der Waals surface area (Å²) in [7, 11) is 1.68. The molecule has 14 heavy (non-hydrogen) atoms. The maximum absolute atomic E-state index is 11.5. The largest absolute Gasteiger partial charge is 0.396 e. The lowest BCUT2D eigenvalue weighted by atomic mass is 10.1. The van der Waals surface area contributed by atoms with Crippen molar-refractivity contribution in [3.8, 4) is 0 Å². The van der Waals surface area contributed by atoms with E-state index in [1.807, 2.05) is 0 Å². The standard InChI is InChI=1S/C7H11N5O2/c1-11-7(8-9-10-11)12-3-5(4-13)2-6(12)14/h5,13H,2-4H2,1H3. The molecule has 1 aliphatic heterocycles. The number of hydrogen-bond donors (Lipinski definition) is 1. The first-order chi connectivity index (χ1) is 6.72. The van der Waals surface area contributed by atoms with Crippen LogP contribution in [0, 0.1) is 5.92 Å². The molecule has 0 radical (unpaired) electrons. The zero-order valence-electron chi connectivity index (χ0n) is 7.79. The molecular weight excluding hydrogens is 186 g/mol. The molecule has 0 aliphatic carbocycles. The van der Waals surface area contributed by atoms with Gasteiger partial charge in [0.1, 0.15) is 0 Å². The molecule has 2 heterocycles. The highest BCUT2D eigenvalue weighted by molar-refractivity contribution is 5.94. The first kappa shape index (κ1) is 9.07. The number of amides is 1. The van der Waals surface area contributed by atoms with Crippen LogP contribution in [-0.4, -0.2) is 44.4 Å². The highest BCUT2D eigenvalue weighted by Gasteiger charge is 2.32. The number of rotatable bonds is 2. The number of nitrogens with zero attached hydrogens (tertiary/aromatic N) is 5. The van der Waals surface area contributed by atoms with Crippen LogP contribution in [0.25, 0.3) is 0 Å². The lowest BCUT2D eigenvalue weighted by Crippen LogP contribution is -2.27. The van der Waals surface area contributed by atoms with Crippen molar-refractivity contribution in [2.45, 2.75) is 6.42 Å². The second-order valence-corrected chi connectivity index (χ2v) is 3.36. The number of carbonyl (C=O) groups is 1. The summed E-state index contributed by atoms with van der Waals surface area (Å²) in [6.45, 7) is 0.511. The molecule has 1 atom stereocenters. The molecule has 1 saturated heterocycles. The minimum absolute atomic E-state index is 0.000741. The molecular formula is C7H11N5O2. The molecule has 1 fully saturated rings. The van der Waals surface area contributed by atoms with Crippen LogP contribution in [-0.2, 0) is 11.8 Å². The number of anilines is 1. The van der Waals surface area contributed by atoms with E-state index in [0.29, 0.717) is 18.9 Å². The quantitative estimate of drug-likeness (QED) is 0.627. The van der Waals surface area contributed by atoms with Gasteiger partial charge in [0.2, 0.25) is 5.91 Å². The number of aromatic nitrogens is 4. The first-order valence-electron chi connectivity index (χ1n) is 4.36. The van der Waals surface area contributed by atoms with E-state index in [0.717, 1.165) is 0 Å². The average Bonchev–Trinajstić information content (AvgIpc) is 2.72. The molecule has 1 N–H and O–H groups in total. The van der Waals surface area contributed by atoms with Gasteiger partial charge >= 0.3 is 0 Å². The molecule has 0 saturated carbocycles. The Morgan fingerprint density at radius 1 is 1.64 bits per heavy atom. The van der Waals surface area contributed by atoms with Crippen molar-refractivity contribution in [2.24, 2.45) is 13.0 Å². The summed E-state index contributed by atoms with van der Waals surface area (Å²) >= 11 is 0. The molecule has 1 aromatic rings. The number of aliphatic hydroxyl groups excluding tert-OH is 1. The lowest BCUT2D eigenvalue weighted by molar-refractivity contribution is -0.117. The third-order valence-corrected chi connectivity index (χ3v) is 2.30. The molecule has 0 spiro atoms. The zero-order chi connectivity index (χ0) is 10.1. The molecule has 7 nitrogen and oxygen atoms in total. The summed E-state index contributed by atoms with van der Waals surface area (Å²) in [6, 6.07) is 0. The van der Waals surface area contributed by atoms with Crippen molar-refractivity contribution in [2.75, 3.05) is 18.1 Å². The molecule has 0 bridgehead atoms. The van der Waals surface area contributed by atoms with Gasteiger partial charge in [-0.05, 0) is 10.4 Å². The highest BCUT2D eigenvalue weighted by Crippen LogP contribution is 2.21. The second-order valence-electron chi connectivity index (χ2n) is 3.36. The Morgan fingerprint density at radius 2 is 2.43 bits per heavy atom. The van der Waals surface area contributed by atoms with E-state index < -0.39 is 0 Å². The number of hydrogen-bond acceptors (Lipinski definition) is 5. The first-order valence-corrected chi connectivity index (χ1v) is 4.36. The molecule has 2 rings (SSSR count). The van der Waals surface area contributed by atoms with E-state index >= 15 is 0 Å². The Balaban J connectivity index is 2.20. The van der Waals surface area contributed by atoms with Gasteiger partial charge in [-0.25, -0.2) is 4.68 Å². The highest BCUT2D eigenvalue weighted by atomic mass is 16.3. The summed E-state index contributed by atoms with van der Waals surface area (Å²) in [5.74, 6) is 0.395. The molecule has 0 aromatic carbocycles. The summed E-state index contributed by atoms with van der Waals surface area (Å²) < 4.78 is 1.44. The fourth-order valence-electron chi connectivity index (χ4n) is 1.55. The summed E-state index contributed by atoms with van der Waals surface area (Å²) in [6.07, 6.45) is 0.364. The third kappa shape index (κ3) is 1.35. The van der Waals surface area contributed by atoms with Crippen LogP contribution in [0.3, 0.4) is 0 Å². The Hall–Kier alpha value is -1.50. The van der Waals surface area contributed by atoms with E-state index in [1.54, 1.807) is 7.05 Å². The normalized spacial score (nSPS) is 22.0. The average molecular weight is 197 g/mol. The fraction of sp³-hybridized carbons (Fsp3) is 0.714. The van der Waals surface area contributed by atoms with E-state index in [2.05, 4.69) is 15.5 Å². The van der Waals surface area contributed by atoms with Crippen LogP contribution in [0.2, 0.25) is 0 Å². The van der Waals surface area contributed by atoms with Gasteiger partial charge in [0.25, 0.3) is 5.95 Å². The zero-order valence-corrected chi connectivity index (χ0v) is 7.79. The van der Waals surface area contributed by atoms with E-state index in [1.165, 1.54) is 9.58 Å². The monoisotopic (exact) mass is 197 g/mol. The molecule has 1 aromatic heterocycles. The molecule has 1 unspecified atom stereocenters. The third-order valence-electron chi connectivity index (χ3n) is 2.30. The summed E-state index contributed by atoms with van der Waals surface area (Å²) in [5, 5.41) is 19.8. The minimum atomic E-state index is -0.0399. The van der Waals surface area contributed by atoms with Gasteiger partial charge in [-0.2, -0.15) is 0 Å². The van der Waals surface area contributed by atoms with Crippen LogP contribution in [0.4, 0.5) is 5.95 Å². The predicted octanol–water partition coefficient (Wildman–Crippen LogP) is -1.44. The van der Waals surface area contributed by atoms with Crippen molar-refractivity contribution >= 4 is 11.9 Å². The van der Waals surface area contributed by atoms with Gasteiger partial charge < -0.3 is 5.11 Å². The van der Waals surface area contributed by atoms with Gasteiger partial charge in [0.05, 0.1) is 0 Å². The maximum Gasteiger partial charge on any atom is 0.251 e. The Kier molecular flexibility index (Phi) is 2.16. The van der Waals surface area contributed by atoms with Crippen molar-refractivity contribution < 1.29 is 9.90 Å². The Labute approximate surface area is 80.3 Å².